The molecule has 0 atom stereocenters. The first-order valence-corrected chi connectivity index (χ1v) is 6.04. The van der Waals surface area contributed by atoms with Crippen molar-refractivity contribution in [2.45, 2.75) is 20.0 Å². The van der Waals surface area contributed by atoms with Crippen LogP contribution in [-0.4, -0.2) is 31.0 Å². The molecule has 0 bridgehead atoms. The van der Waals surface area contributed by atoms with Crippen molar-refractivity contribution in [2.24, 2.45) is 5.73 Å². The van der Waals surface area contributed by atoms with Gasteiger partial charge in [0.05, 0.1) is 19.2 Å². The highest BCUT2D eigenvalue weighted by molar-refractivity contribution is 5.94. The number of rotatable bonds is 6. The van der Waals surface area contributed by atoms with E-state index in [-0.39, 0.29) is 31.0 Å². The minimum absolute atomic E-state index is 0.0969. The first kappa shape index (κ1) is 15.0. The summed E-state index contributed by atoms with van der Waals surface area (Å²) >= 11 is 0. The van der Waals surface area contributed by atoms with Crippen LogP contribution in [0.3, 0.4) is 0 Å². The van der Waals surface area contributed by atoms with Crippen LogP contribution in [0.25, 0.3) is 0 Å². The van der Waals surface area contributed by atoms with Crippen molar-refractivity contribution in [1.82, 2.24) is 5.32 Å². The van der Waals surface area contributed by atoms with E-state index in [0.717, 1.165) is 5.75 Å². The SMILES string of the molecule is CC(C)Oc1ccc(NC(=O)CNC(=O)CN)cc1. The monoisotopic (exact) mass is 265 g/mol. The number of ether oxygens (including phenoxy) is 1. The molecule has 1 rings (SSSR count). The van der Waals surface area contributed by atoms with Gasteiger partial charge < -0.3 is 21.1 Å². The van der Waals surface area contributed by atoms with Gasteiger partial charge in [0, 0.05) is 5.69 Å². The summed E-state index contributed by atoms with van der Waals surface area (Å²) in [5.41, 5.74) is 5.75. The third kappa shape index (κ3) is 5.87. The van der Waals surface area contributed by atoms with Crippen LogP contribution in [-0.2, 0) is 9.59 Å². The zero-order valence-electron chi connectivity index (χ0n) is 11.1. The summed E-state index contributed by atoms with van der Waals surface area (Å²) in [4.78, 5) is 22.4. The van der Waals surface area contributed by atoms with Crippen LogP contribution in [0.15, 0.2) is 24.3 Å². The molecule has 19 heavy (non-hydrogen) atoms. The van der Waals surface area contributed by atoms with Crippen LogP contribution >= 0.6 is 0 Å². The number of nitrogens with one attached hydrogen (secondary N) is 2. The molecule has 2 amide bonds. The van der Waals surface area contributed by atoms with E-state index < -0.39 is 0 Å². The van der Waals surface area contributed by atoms with E-state index in [2.05, 4.69) is 10.6 Å². The van der Waals surface area contributed by atoms with Crippen molar-refractivity contribution in [1.29, 1.82) is 0 Å². The van der Waals surface area contributed by atoms with Crippen LogP contribution in [0.4, 0.5) is 5.69 Å². The van der Waals surface area contributed by atoms with Crippen LogP contribution in [0, 0.1) is 0 Å². The second-order valence-electron chi connectivity index (χ2n) is 4.22. The Hall–Kier alpha value is -2.08. The van der Waals surface area contributed by atoms with Crippen molar-refractivity contribution in [3.63, 3.8) is 0 Å². The van der Waals surface area contributed by atoms with Gasteiger partial charge in [-0.25, -0.2) is 0 Å². The van der Waals surface area contributed by atoms with Crippen LogP contribution in [0.1, 0.15) is 13.8 Å². The molecule has 0 saturated heterocycles. The maximum atomic E-state index is 11.5. The first-order valence-electron chi connectivity index (χ1n) is 6.04. The standard InChI is InChI=1S/C13H19N3O3/c1-9(2)19-11-5-3-10(4-6-11)16-13(18)8-15-12(17)7-14/h3-6,9H,7-8,14H2,1-2H3,(H,15,17)(H,16,18). The summed E-state index contributed by atoms with van der Waals surface area (Å²) in [7, 11) is 0. The second kappa shape index (κ2) is 7.38. The third-order valence-corrected chi connectivity index (χ3v) is 2.14. The lowest BCUT2D eigenvalue weighted by Gasteiger charge is -2.10. The number of nitrogens with two attached hydrogens (primary N) is 1. The molecule has 1 aromatic rings. The molecule has 0 aliphatic rings. The molecule has 0 aliphatic carbocycles. The molecule has 0 spiro atoms. The highest BCUT2D eigenvalue weighted by Gasteiger charge is 2.05. The van der Waals surface area contributed by atoms with Crippen LogP contribution in [0.2, 0.25) is 0 Å². The van der Waals surface area contributed by atoms with Crippen molar-refractivity contribution < 1.29 is 14.3 Å². The molecule has 0 aromatic heterocycles. The van der Waals surface area contributed by atoms with Gasteiger partial charge in [-0.2, -0.15) is 0 Å². The number of hydrogen-bond acceptors (Lipinski definition) is 4. The summed E-state index contributed by atoms with van der Waals surface area (Å²) in [5.74, 6) is 0.0691. The molecule has 0 saturated carbocycles. The molecule has 0 fully saturated rings. The zero-order valence-corrected chi connectivity index (χ0v) is 11.1. The Morgan fingerprint density at radius 2 is 1.84 bits per heavy atom. The van der Waals surface area contributed by atoms with Crippen molar-refractivity contribution in [3.05, 3.63) is 24.3 Å². The Morgan fingerprint density at radius 1 is 1.21 bits per heavy atom. The van der Waals surface area contributed by atoms with E-state index in [1.165, 1.54) is 0 Å². The van der Waals surface area contributed by atoms with Gasteiger partial charge in [-0.1, -0.05) is 0 Å². The zero-order chi connectivity index (χ0) is 14.3. The molecular formula is C13H19N3O3. The van der Waals surface area contributed by atoms with E-state index in [4.69, 9.17) is 10.5 Å². The molecule has 0 heterocycles. The molecule has 1 aromatic carbocycles. The largest absolute Gasteiger partial charge is 0.491 e. The second-order valence-corrected chi connectivity index (χ2v) is 4.22. The number of hydrogen-bond donors (Lipinski definition) is 3. The predicted molar refractivity (Wildman–Crippen MR) is 72.9 cm³/mol. The lowest BCUT2D eigenvalue weighted by Crippen LogP contribution is -2.36. The molecule has 6 heteroatoms. The van der Waals surface area contributed by atoms with Crippen LogP contribution in [0.5, 0.6) is 5.75 Å². The Labute approximate surface area is 112 Å². The summed E-state index contributed by atoms with van der Waals surface area (Å²) in [5, 5.41) is 5.04. The fourth-order valence-corrected chi connectivity index (χ4v) is 1.35. The summed E-state index contributed by atoms with van der Waals surface area (Å²) in [6.45, 7) is 3.65. The van der Waals surface area contributed by atoms with Gasteiger partial charge in [-0.15, -0.1) is 0 Å². The van der Waals surface area contributed by atoms with E-state index in [0.29, 0.717) is 5.69 Å². The average molecular weight is 265 g/mol. The maximum Gasteiger partial charge on any atom is 0.243 e. The Bertz CT molecular complexity index is 429. The topological polar surface area (TPSA) is 93.5 Å². The van der Waals surface area contributed by atoms with Gasteiger partial charge in [-0.05, 0) is 38.1 Å². The van der Waals surface area contributed by atoms with Crippen molar-refractivity contribution in [2.75, 3.05) is 18.4 Å². The maximum absolute atomic E-state index is 11.5. The van der Waals surface area contributed by atoms with E-state index in [1.807, 2.05) is 13.8 Å². The lowest BCUT2D eigenvalue weighted by molar-refractivity contribution is -0.123. The molecule has 0 aliphatic heterocycles. The van der Waals surface area contributed by atoms with Gasteiger partial charge >= 0.3 is 0 Å². The molecule has 104 valence electrons. The molecule has 0 radical (unpaired) electrons. The predicted octanol–water partition coefficient (Wildman–Crippen LogP) is 0.487. The van der Waals surface area contributed by atoms with Crippen LogP contribution < -0.4 is 21.1 Å². The normalized spacial score (nSPS) is 10.1. The number of carbonyl (C=O) groups excluding carboxylic acids is 2. The average Bonchev–Trinajstić information content (AvgIpc) is 2.37. The van der Waals surface area contributed by atoms with Gasteiger partial charge in [0.2, 0.25) is 11.8 Å². The van der Waals surface area contributed by atoms with Crippen molar-refractivity contribution in [3.8, 4) is 5.75 Å². The fourth-order valence-electron chi connectivity index (χ4n) is 1.35. The molecule has 4 N–H and O–H groups in total. The third-order valence-electron chi connectivity index (χ3n) is 2.14. The Kier molecular flexibility index (Phi) is 5.81. The minimum atomic E-state index is -0.365. The van der Waals surface area contributed by atoms with E-state index in [1.54, 1.807) is 24.3 Å². The summed E-state index contributed by atoms with van der Waals surface area (Å²) in [6, 6.07) is 7.02. The number of benzene rings is 1. The Balaban J connectivity index is 2.44. The number of anilines is 1. The molecule has 0 unspecified atom stereocenters. The summed E-state index contributed by atoms with van der Waals surface area (Å²) in [6.07, 6.45) is 0.104. The Morgan fingerprint density at radius 3 is 2.37 bits per heavy atom. The van der Waals surface area contributed by atoms with E-state index >= 15 is 0 Å². The molecule has 6 nitrogen and oxygen atoms in total. The van der Waals surface area contributed by atoms with Crippen molar-refractivity contribution >= 4 is 17.5 Å². The number of amides is 2. The fraction of sp³-hybridized carbons (Fsp3) is 0.385. The van der Waals surface area contributed by atoms with Gasteiger partial charge in [0.25, 0.3) is 0 Å². The van der Waals surface area contributed by atoms with E-state index in [9.17, 15) is 9.59 Å². The highest BCUT2D eigenvalue weighted by Crippen LogP contribution is 2.16. The quantitative estimate of drug-likeness (QED) is 0.697. The minimum Gasteiger partial charge on any atom is -0.491 e. The molecular weight excluding hydrogens is 246 g/mol. The first-order chi connectivity index (χ1) is 9.01. The smallest absolute Gasteiger partial charge is 0.243 e. The van der Waals surface area contributed by atoms with Gasteiger partial charge in [0.1, 0.15) is 5.75 Å². The van der Waals surface area contributed by atoms with Gasteiger partial charge in [-0.3, -0.25) is 9.59 Å². The lowest BCUT2D eigenvalue weighted by atomic mass is 10.3. The van der Waals surface area contributed by atoms with Gasteiger partial charge in [0.15, 0.2) is 0 Å². The highest BCUT2D eigenvalue weighted by atomic mass is 16.5. The number of carbonyl (C=O) groups is 2. The summed E-state index contributed by atoms with van der Waals surface area (Å²) < 4.78 is 5.48.